The number of aryl methyl sites for hydroxylation is 2. The van der Waals surface area contributed by atoms with Crippen LogP contribution in [-0.2, 0) is 22.1 Å². The Morgan fingerprint density at radius 3 is 2.68 bits per heavy atom. The van der Waals surface area contributed by atoms with Gasteiger partial charge in [-0.15, -0.1) is 5.10 Å². The first kappa shape index (κ1) is 23.6. The van der Waals surface area contributed by atoms with Crippen LogP contribution in [0.15, 0.2) is 24.3 Å². The highest BCUT2D eigenvalue weighted by atomic mass is 19.4. The number of ether oxygens (including phenoxy) is 1. The first-order chi connectivity index (χ1) is 16.1. The van der Waals surface area contributed by atoms with Crippen LogP contribution in [0.1, 0.15) is 46.0 Å². The summed E-state index contributed by atoms with van der Waals surface area (Å²) in [5.41, 5.74) is 1.72. The van der Waals surface area contributed by atoms with Crippen molar-refractivity contribution in [1.29, 1.82) is 0 Å². The van der Waals surface area contributed by atoms with Crippen molar-refractivity contribution >= 4 is 23.3 Å². The maximum atomic E-state index is 13.0. The van der Waals surface area contributed by atoms with E-state index in [0.29, 0.717) is 41.4 Å². The highest BCUT2D eigenvalue weighted by Gasteiger charge is 2.37. The quantitative estimate of drug-likeness (QED) is 0.566. The number of alkyl halides is 3. The van der Waals surface area contributed by atoms with Crippen LogP contribution in [0, 0.1) is 13.8 Å². The lowest BCUT2D eigenvalue weighted by molar-refractivity contribution is -0.144. The predicted molar refractivity (Wildman–Crippen MR) is 115 cm³/mol. The first-order valence-corrected chi connectivity index (χ1v) is 10.7. The Kier molecular flexibility index (Phi) is 6.51. The minimum atomic E-state index is -4.71. The summed E-state index contributed by atoms with van der Waals surface area (Å²) in [5.74, 6) is -2.29. The van der Waals surface area contributed by atoms with Crippen molar-refractivity contribution in [2.45, 2.75) is 45.4 Å². The molecule has 3 heterocycles. The van der Waals surface area contributed by atoms with E-state index in [2.05, 4.69) is 25.7 Å². The van der Waals surface area contributed by atoms with Gasteiger partial charge in [-0.3, -0.25) is 9.59 Å². The van der Waals surface area contributed by atoms with Gasteiger partial charge in [-0.2, -0.15) is 18.2 Å². The number of anilines is 1. The van der Waals surface area contributed by atoms with E-state index in [9.17, 15) is 22.8 Å². The fourth-order valence-corrected chi connectivity index (χ4v) is 3.84. The van der Waals surface area contributed by atoms with Crippen molar-refractivity contribution in [3.8, 4) is 0 Å². The molecule has 0 spiro atoms. The molecule has 1 fully saturated rings. The number of aromatic nitrogens is 4. The smallest absolute Gasteiger partial charge is 0.376 e. The number of fused-ring (bicyclic) bond motifs is 1. The molecule has 1 aromatic carbocycles. The van der Waals surface area contributed by atoms with Gasteiger partial charge in [-0.25, -0.2) is 9.50 Å². The highest BCUT2D eigenvalue weighted by molar-refractivity contribution is 6.04. The van der Waals surface area contributed by atoms with Crippen molar-refractivity contribution in [1.82, 2.24) is 24.9 Å². The van der Waals surface area contributed by atoms with E-state index in [0.717, 1.165) is 17.4 Å². The third-order valence-electron chi connectivity index (χ3n) is 5.60. The zero-order chi connectivity index (χ0) is 24.5. The number of hydrogen-bond donors (Lipinski definition) is 2. The SMILES string of the molecule is Cc1nc2nc(C(F)(F)F)nn2c(C)c1CC(=O)Nc1ccccc1C(=O)NC[C@H]1CCCO1. The van der Waals surface area contributed by atoms with Gasteiger partial charge < -0.3 is 15.4 Å². The lowest BCUT2D eigenvalue weighted by Gasteiger charge is -2.14. The molecule has 2 aromatic heterocycles. The molecule has 1 atom stereocenters. The van der Waals surface area contributed by atoms with E-state index in [1.165, 1.54) is 0 Å². The maximum absolute atomic E-state index is 13.0. The molecular formula is C22H23F3N6O3. The van der Waals surface area contributed by atoms with Crippen molar-refractivity contribution in [2.24, 2.45) is 0 Å². The molecule has 0 saturated carbocycles. The molecule has 0 unspecified atom stereocenters. The number of rotatable bonds is 6. The molecule has 12 heteroatoms. The van der Waals surface area contributed by atoms with E-state index >= 15 is 0 Å². The zero-order valence-electron chi connectivity index (χ0n) is 18.6. The Morgan fingerprint density at radius 1 is 1.21 bits per heavy atom. The topological polar surface area (TPSA) is 111 Å². The number of amides is 2. The summed E-state index contributed by atoms with van der Waals surface area (Å²) < 4.78 is 45.4. The molecule has 180 valence electrons. The molecular weight excluding hydrogens is 453 g/mol. The highest BCUT2D eigenvalue weighted by Crippen LogP contribution is 2.27. The van der Waals surface area contributed by atoms with Gasteiger partial charge in [0.15, 0.2) is 0 Å². The number of benzene rings is 1. The lowest BCUT2D eigenvalue weighted by atomic mass is 10.1. The zero-order valence-corrected chi connectivity index (χ0v) is 18.6. The molecule has 0 bridgehead atoms. The third-order valence-corrected chi connectivity index (χ3v) is 5.60. The lowest BCUT2D eigenvalue weighted by Crippen LogP contribution is -2.32. The number of nitrogens with zero attached hydrogens (tertiary/aromatic N) is 4. The van der Waals surface area contributed by atoms with E-state index in [1.54, 1.807) is 38.1 Å². The molecule has 4 rings (SSSR count). The summed E-state index contributed by atoms with van der Waals surface area (Å²) in [4.78, 5) is 33.0. The maximum Gasteiger partial charge on any atom is 0.453 e. The van der Waals surface area contributed by atoms with Gasteiger partial charge in [-0.1, -0.05) is 12.1 Å². The van der Waals surface area contributed by atoms with Crippen LogP contribution >= 0.6 is 0 Å². The number of carbonyl (C=O) groups is 2. The minimum absolute atomic E-state index is 0.0197. The van der Waals surface area contributed by atoms with Crippen molar-refractivity contribution < 1.29 is 27.5 Å². The van der Waals surface area contributed by atoms with Crippen molar-refractivity contribution in [3.63, 3.8) is 0 Å². The first-order valence-electron chi connectivity index (χ1n) is 10.7. The average Bonchev–Trinajstić information content (AvgIpc) is 3.45. The predicted octanol–water partition coefficient (Wildman–Crippen LogP) is 2.85. The fraction of sp³-hybridized carbons (Fsp3) is 0.409. The minimum Gasteiger partial charge on any atom is -0.376 e. The van der Waals surface area contributed by atoms with E-state index in [4.69, 9.17) is 4.74 Å². The van der Waals surface area contributed by atoms with Gasteiger partial charge >= 0.3 is 6.18 Å². The second-order valence-electron chi connectivity index (χ2n) is 8.02. The molecule has 0 radical (unpaired) electrons. The Balaban J connectivity index is 1.50. The normalized spacial score (nSPS) is 16.1. The van der Waals surface area contributed by atoms with E-state index in [1.807, 2.05) is 0 Å². The van der Waals surface area contributed by atoms with Crippen LogP contribution < -0.4 is 10.6 Å². The molecule has 2 N–H and O–H groups in total. The van der Waals surface area contributed by atoms with Gasteiger partial charge in [-0.05, 0) is 38.8 Å². The Morgan fingerprint density at radius 2 is 1.97 bits per heavy atom. The van der Waals surface area contributed by atoms with Crippen LogP contribution in [0.2, 0.25) is 0 Å². The molecule has 2 amide bonds. The second-order valence-corrected chi connectivity index (χ2v) is 8.02. The van der Waals surface area contributed by atoms with Gasteiger partial charge in [0.05, 0.1) is 23.8 Å². The number of hydrogen-bond acceptors (Lipinski definition) is 6. The monoisotopic (exact) mass is 476 g/mol. The summed E-state index contributed by atoms with van der Waals surface area (Å²) in [5, 5.41) is 9.03. The molecule has 1 aliphatic heterocycles. The van der Waals surface area contributed by atoms with Gasteiger partial charge in [0.1, 0.15) is 0 Å². The van der Waals surface area contributed by atoms with Crippen LogP contribution in [0.5, 0.6) is 0 Å². The summed E-state index contributed by atoms with van der Waals surface area (Å²) in [7, 11) is 0. The largest absolute Gasteiger partial charge is 0.453 e. The van der Waals surface area contributed by atoms with Crippen LogP contribution in [0.3, 0.4) is 0 Å². The number of nitrogens with one attached hydrogen (secondary N) is 2. The third kappa shape index (κ3) is 5.01. The van der Waals surface area contributed by atoms with Crippen LogP contribution in [-0.4, -0.2) is 50.7 Å². The number of halogens is 3. The molecule has 0 aliphatic carbocycles. The molecule has 1 saturated heterocycles. The molecule has 34 heavy (non-hydrogen) atoms. The fourth-order valence-electron chi connectivity index (χ4n) is 3.84. The van der Waals surface area contributed by atoms with Crippen LogP contribution in [0.4, 0.5) is 18.9 Å². The summed E-state index contributed by atoms with van der Waals surface area (Å²) >= 11 is 0. The Bertz CT molecular complexity index is 1230. The second kappa shape index (κ2) is 9.37. The van der Waals surface area contributed by atoms with Gasteiger partial charge in [0.2, 0.25) is 5.91 Å². The molecule has 9 nitrogen and oxygen atoms in total. The van der Waals surface area contributed by atoms with E-state index < -0.39 is 17.9 Å². The Labute approximate surface area is 192 Å². The summed E-state index contributed by atoms with van der Waals surface area (Å²) in [6.07, 6.45) is -3.06. The number of carbonyl (C=O) groups excluding carboxylic acids is 2. The molecule has 1 aliphatic rings. The van der Waals surface area contributed by atoms with Crippen LogP contribution in [0.25, 0.3) is 5.78 Å². The van der Waals surface area contributed by atoms with Gasteiger partial charge in [0, 0.05) is 30.1 Å². The van der Waals surface area contributed by atoms with Crippen molar-refractivity contribution in [2.75, 3.05) is 18.5 Å². The summed E-state index contributed by atoms with van der Waals surface area (Å²) in [6.45, 7) is 4.19. The standard InChI is InChI=1S/C22H23F3N6O3/c1-12-16(13(2)31-21(27-12)29-20(30-31)22(23,24)25)10-18(32)28-17-8-4-3-7-15(17)19(33)26-11-14-6-5-9-34-14/h3-4,7-8,14H,5-6,9-11H2,1-2H3,(H,26,33)(H,28,32)/t14-/m1/s1. The molecule has 3 aromatic rings. The van der Waals surface area contributed by atoms with E-state index in [-0.39, 0.29) is 24.2 Å². The van der Waals surface area contributed by atoms with Gasteiger partial charge in [0.25, 0.3) is 17.5 Å². The average molecular weight is 476 g/mol. The summed E-state index contributed by atoms with van der Waals surface area (Å²) in [6, 6.07) is 6.57. The Hall–Kier alpha value is -3.54. The number of para-hydroxylation sites is 1. The van der Waals surface area contributed by atoms with Crippen molar-refractivity contribution in [3.05, 3.63) is 52.6 Å².